The Hall–Kier alpha value is -3.76. The van der Waals surface area contributed by atoms with E-state index < -0.39 is 0 Å². The summed E-state index contributed by atoms with van der Waals surface area (Å²) < 4.78 is 12.8. The predicted octanol–water partition coefficient (Wildman–Crippen LogP) is 4.73. The summed E-state index contributed by atoms with van der Waals surface area (Å²) in [6.07, 6.45) is 1.78. The number of hydrogen-bond donors (Lipinski definition) is 1. The Bertz CT molecular complexity index is 1420. The molecule has 0 radical (unpaired) electrons. The third-order valence-electron chi connectivity index (χ3n) is 5.94. The predicted molar refractivity (Wildman–Crippen MR) is 132 cm³/mol. The molecule has 0 spiro atoms. The van der Waals surface area contributed by atoms with E-state index in [1.54, 1.807) is 17.7 Å². The highest BCUT2D eigenvalue weighted by molar-refractivity contribution is 7.08. The highest BCUT2D eigenvalue weighted by atomic mass is 32.1. The second kappa shape index (κ2) is 8.54. The molecule has 172 valence electrons. The lowest BCUT2D eigenvalue weighted by Crippen LogP contribution is -2.36. The van der Waals surface area contributed by atoms with Gasteiger partial charge in [-0.05, 0) is 49.6 Å². The largest absolute Gasteiger partial charge is 0.378 e. The molecule has 1 aromatic carbocycles. The van der Waals surface area contributed by atoms with Crippen LogP contribution in [0.15, 0.2) is 51.9 Å². The number of aryl methyl sites for hydroxylation is 2. The van der Waals surface area contributed by atoms with E-state index in [4.69, 9.17) is 19.2 Å². The van der Waals surface area contributed by atoms with Crippen LogP contribution in [0.1, 0.15) is 11.5 Å². The van der Waals surface area contributed by atoms with Gasteiger partial charge in [-0.2, -0.15) is 11.3 Å². The molecule has 5 aromatic rings. The Morgan fingerprint density at radius 3 is 2.53 bits per heavy atom. The average molecular weight is 474 g/mol. The van der Waals surface area contributed by atoms with Crippen LogP contribution in [0.4, 0.5) is 17.2 Å². The smallest absolute Gasteiger partial charge is 0.170 e. The summed E-state index contributed by atoms with van der Waals surface area (Å²) in [7, 11) is 0. The fourth-order valence-electron chi connectivity index (χ4n) is 4.20. The van der Waals surface area contributed by atoms with Crippen molar-refractivity contribution < 1.29 is 9.26 Å². The van der Waals surface area contributed by atoms with Crippen molar-refractivity contribution in [3.8, 4) is 17.1 Å². The summed E-state index contributed by atoms with van der Waals surface area (Å²) in [5.41, 5.74) is 6.07. The molecule has 1 aliphatic rings. The van der Waals surface area contributed by atoms with Crippen LogP contribution < -0.4 is 10.2 Å². The van der Waals surface area contributed by atoms with Gasteiger partial charge in [-0.3, -0.25) is 4.57 Å². The number of benzene rings is 1. The minimum atomic E-state index is 0.549. The van der Waals surface area contributed by atoms with E-state index in [0.29, 0.717) is 22.9 Å². The fourth-order valence-corrected chi connectivity index (χ4v) is 4.83. The van der Waals surface area contributed by atoms with Gasteiger partial charge in [0.15, 0.2) is 22.8 Å². The molecule has 5 heterocycles. The van der Waals surface area contributed by atoms with Gasteiger partial charge in [-0.1, -0.05) is 5.16 Å². The van der Waals surface area contributed by atoms with Gasteiger partial charge in [0, 0.05) is 29.8 Å². The van der Waals surface area contributed by atoms with Crippen molar-refractivity contribution in [3.05, 3.63) is 58.9 Å². The number of hydrogen-bond acceptors (Lipinski definition) is 9. The maximum absolute atomic E-state index is 5.46. The van der Waals surface area contributed by atoms with Gasteiger partial charge >= 0.3 is 0 Å². The molecule has 9 nitrogen and oxygen atoms in total. The van der Waals surface area contributed by atoms with Crippen LogP contribution in [0.2, 0.25) is 0 Å². The molecule has 34 heavy (non-hydrogen) atoms. The van der Waals surface area contributed by atoms with Crippen molar-refractivity contribution in [2.75, 3.05) is 36.5 Å². The van der Waals surface area contributed by atoms with E-state index in [-0.39, 0.29) is 0 Å². The van der Waals surface area contributed by atoms with Gasteiger partial charge in [0.2, 0.25) is 0 Å². The Kier molecular flexibility index (Phi) is 5.23. The molecule has 0 bridgehead atoms. The van der Waals surface area contributed by atoms with E-state index >= 15 is 0 Å². The number of imidazole rings is 1. The Morgan fingerprint density at radius 2 is 1.82 bits per heavy atom. The highest BCUT2D eigenvalue weighted by Crippen LogP contribution is 2.31. The van der Waals surface area contributed by atoms with Crippen molar-refractivity contribution in [2.24, 2.45) is 0 Å². The maximum Gasteiger partial charge on any atom is 0.170 e. The van der Waals surface area contributed by atoms with Gasteiger partial charge in [0.1, 0.15) is 12.1 Å². The lowest BCUT2D eigenvalue weighted by Gasteiger charge is -2.28. The van der Waals surface area contributed by atoms with Crippen LogP contribution in [0, 0.1) is 13.8 Å². The van der Waals surface area contributed by atoms with E-state index in [1.165, 1.54) is 5.69 Å². The third kappa shape index (κ3) is 3.70. The number of morpholine rings is 1. The molecular weight excluding hydrogens is 450 g/mol. The Balaban J connectivity index is 1.42. The fraction of sp³-hybridized carbons (Fsp3) is 0.250. The van der Waals surface area contributed by atoms with Gasteiger partial charge in [0.05, 0.1) is 30.2 Å². The summed E-state index contributed by atoms with van der Waals surface area (Å²) in [5.74, 6) is 1.86. The first-order valence-electron chi connectivity index (χ1n) is 11.1. The molecule has 1 fully saturated rings. The first-order chi connectivity index (χ1) is 16.7. The monoisotopic (exact) mass is 473 g/mol. The van der Waals surface area contributed by atoms with Crippen molar-refractivity contribution in [1.29, 1.82) is 0 Å². The topological polar surface area (TPSA) is 94.1 Å². The SMILES string of the molecule is Cc1noc(C)c1-c1nc(Nc2ccc(N3CCOCC3)cc2)c2ncn(-c3ccsc3)c2n1. The second-order valence-electron chi connectivity index (χ2n) is 8.13. The molecule has 0 amide bonds. The molecule has 0 aliphatic carbocycles. The number of ether oxygens (including phenoxy) is 1. The van der Waals surface area contributed by atoms with E-state index in [2.05, 4.69) is 50.0 Å². The molecule has 0 unspecified atom stereocenters. The number of fused-ring (bicyclic) bond motifs is 1. The number of anilines is 3. The van der Waals surface area contributed by atoms with E-state index in [0.717, 1.165) is 54.6 Å². The van der Waals surface area contributed by atoms with Crippen LogP contribution in [-0.2, 0) is 4.74 Å². The Labute approximate surface area is 200 Å². The zero-order chi connectivity index (χ0) is 23.1. The van der Waals surface area contributed by atoms with Crippen molar-refractivity contribution in [3.63, 3.8) is 0 Å². The standard InChI is InChI=1S/C24H23N7O2S/c1-15-20(16(2)33-29-15)22-27-23(21-24(28-22)31(14-25-21)19-7-12-34-13-19)26-17-3-5-18(6-4-17)30-8-10-32-11-9-30/h3-7,12-14H,8-11H2,1-2H3,(H,26,27,28). The van der Waals surface area contributed by atoms with Crippen LogP contribution in [0.25, 0.3) is 28.2 Å². The molecule has 1 aliphatic heterocycles. The number of thiophene rings is 1. The van der Waals surface area contributed by atoms with Gasteiger partial charge in [-0.15, -0.1) is 0 Å². The van der Waals surface area contributed by atoms with Crippen molar-refractivity contribution in [2.45, 2.75) is 13.8 Å². The molecule has 6 rings (SSSR count). The summed E-state index contributed by atoms with van der Waals surface area (Å²) in [6, 6.07) is 10.4. The van der Waals surface area contributed by atoms with E-state index in [1.807, 2.05) is 29.9 Å². The summed E-state index contributed by atoms with van der Waals surface area (Å²) in [5, 5.41) is 11.6. The second-order valence-corrected chi connectivity index (χ2v) is 8.91. The maximum atomic E-state index is 5.46. The van der Waals surface area contributed by atoms with Crippen molar-refractivity contribution in [1.82, 2.24) is 24.7 Å². The summed E-state index contributed by atoms with van der Waals surface area (Å²) in [4.78, 5) is 16.7. The summed E-state index contributed by atoms with van der Waals surface area (Å²) in [6.45, 7) is 7.09. The summed E-state index contributed by atoms with van der Waals surface area (Å²) >= 11 is 1.63. The first-order valence-corrected chi connectivity index (χ1v) is 12.0. The molecule has 0 saturated carbocycles. The van der Waals surface area contributed by atoms with Crippen LogP contribution >= 0.6 is 11.3 Å². The molecular formula is C24H23N7O2S. The normalized spacial score (nSPS) is 14.1. The number of aromatic nitrogens is 5. The third-order valence-corrected chi connectivity index (χ3v) is 6.61. The highest BCUT2D eigenvalue weighted by Gasteiger charge is 2.20. The van der Waals surface area contributed by atoms with Crippen LogP contribution in [0.3, 0.4) is 0 Å². The number of nitrogens with zero attached hydrogens (tertiary/aromatic N) is 6. The quantitative estimate of drug-likeness (QED) is 0.392. The van der Waals surface area contributed by atoms with Gasteiger partial charge < -0.3 is 19.5 Å². The van der Waals surface area contributed by atoms with Gasteiger partial charge in [0.25, 0.3) is 0 Å². The van der Waals surface area contributed by atoms with Crippen LogP contribution in [0.5, 0.6) is 0 Å². The minimum Gasteiger partial charge on any atom is -0.378 e. The van der Waals surface area contributed by atoms with Gasteiger partial charge in [-0.25, -0.2) is 15.0 Å². The number of rotatable bonds is 5. The zero-order valence-corrected chi connectivity index (χ0v) is 19.7. The average Bonchev–Trinajstić information content (AvgIpc) is 3.60. The zero-order valence-electron chi connectivity index (χ0n) is 18.9. The van der Waals surface area contributed by atoms with E-state index in [9.17, 15) is 0 Å². The molecule has 0 atom stereocenters. The van der Waals surface area contributed by atoms with Crippen LogP contribution in [-0.4, -0.2) is 51.0 Å². The molecule has 1 N–H and O–H groups in total. The lowest BCUT2D eigenvalue weighted by molar-refractivity contribution is 0.122. The first kappa shape index (κ1) is 20.8. The lowest BCUT2D eigenvalue weighted by atomic mass is 10.2. The Morgan fingerprint density at radius 1 is 1.00 bits per heavy atom. The molecule has 10 heteroatoms. The molecule has 1 saturated heterocycles. The molecule has 4 aromatic heterocycles. The minimum absolute atomic E-state index is 0.549. The van der Waals surface area contributed by atoms with Crippen molar-refractivity contribution >= 4 is 39.7 Å². The number of nitrogens with one attached hydrogen (secondary N) is 1.